The van der Waals surface area contributed by atoms with Crippen LogP contribution in [-0.4, -0.2) is 11.8 Å². The number of rotatable bonds is 2. The zero-order valence-electron chi connectivity index (χ0n) is 18.5. The molecule has 8 rings (SSSR count). The molecule has 170 valence electrons. The molecule has 4 aromatic rings. The standard InChI is InChI=1S/C30H19Br2NO2/c31-29-21-10-4-5-11-22(21)30(32,24-13-7-6-12-23(24)29)26-25(29)27(34)33(28(26)35)20-16-14-19(15-17-20)18-8-2-1-3-9-18/h1-17,25-26H/t25-,26+,29?,30?. The molecule has 2 atom stereocenters. The van der Waals surface area contributed by atoms with Gasteiger partial charge in [-0.3, -0.25) is 9.59 Å². The zero-order valence-corrected chi connectivity index (χ0v) is 21.7. The Kier molecular flexibility index (Phi) is 4.41. The molecule has 2 bridgehead atoms. The SMILES string of the molecule is O=C1[C@@H]2[C@H](C(=O)N1c1ccc(-c3ccccc3)cc1)C1(Br)c3ccccc3C2(Br)c2ccccc21. The molecule has 5 heteroatoms. The molecule has 0 unspecified atom stereocenters. The molecule has 0 spiro atoms. The molecule has 1 fully saturated rings. The molecule has 4 aromatic carbocycles. The van der Waals surface area contributed by atoms with Gasteiger partial charge in [-0.25, -0.2) is 4.90 Å². The summed E-state index contributed by atoms with van der Waals surface area (Å²) in [6, 6.07) is 34.0. The van der Waals surface area contributed by atoms with Crippen molar-refractivity contribution in [2.45, 2.75) is 8.65 Å². The number of anilines is 1. The van der Waals surface area contributed by atoms with Crippen LogP contribution >= 0.6 is 31.9 Å². The van der Waals surface area contributed by atoms with Crippen LogP contribution in [0.2, 0.25) is 0 Å². The van der Waals surface area contributed by atoms with Gasteiger partial charge in [-0.15, -0.1) is 0 Å². The summed E-state index contributed by atoms with van der Waals surface area (Å²) in [7, 11) is 0. The number of imide groups is 1. The Balaban J connectivity index is 1.39. The van der Waals surface area contributed by atoms with Crippen molar-refractivity contribution in [3.8, 4) is 11.1 Å². The Hall–Kier alpha value is -3.02. The summed E-state index contributed by atoms with van der Waals surface area (Å²) in [6.45, 7) is 0. The smallest absolute Gasteiger partial charge is 0.239 e. The number of hydrogen-bond donors (Lipinski definition) is 0. The van der Waals surface area contributed by atoms with Crippen LogP contribution in [0.3, 0.4) is 0 Å². The van der Waals surface area contributed by atoms with Gasteiger partial charge in [-0.05, 0) is 45.5 Å². The Morgan fingerprint density at radius 3 is 1.31 bits per heavy atom. The third-order valence-corrected chi connectivity index (χ3v) is 10.5. The maximum absolute atomic E-state index is 14.1. The van der Waals surface area contributed by atoms with Crippen LogP contribution in [0, 0.1) is 11.8 Å². The van der Waals surface area contributed by atoms with Gasteiger partial charge in [0.25, 0.3) is 0 Å². The van der Waals surface area contributed by atoms with Crippen molar-refractivity contribution in [1.29, 1.82) is 0 Å². The van der Waals surface area contributed by atoms with Crippen LogP contribution < -0.4 is 4.90 Å². The van der Waals surface area contributed by atoms with Gasteiger partial charge in [0.2, 0.25) is 11.8 Å². The first-order valence-corrected chi connectivity index (χ1v) is 13.2. The lowest BCUT2D eigenvalue weighted by Crippen LogP contribution is -2.56. The zero-order chi connectivity index (χ0) is 23.9. The first-order valence-electron chi connectivity index (χ1n) is 11.6. The maximum atomic E-state index is 14.1. The lowest BCUT2D eigenvalue weighted by atomic mass is 9.54. The summed E-state index contributed by atoms with van der Waals surface area (Å²) < 4.78 is -1.54. The predicted molar refractivity (Wildman–Crippen MR) is 144 cm³/mol. The number of benzene rings is 4. The van der Waals surface area contributed by atoms with Crippen LogP contribution in [0.4, 0.5) is 5.69 Å². The summed E-state index contributed by atoms with van der Waals surface area (Å²) >= 11 is 8.10. The van der Waals surface area contributed by atoms with E-state index in [9.17, 15) is 9.59 Å². The number of carbonyl (C=O) groups is 2. The van der Waals surface area contributed by atoms with Crippen LogP contribution in [0.15, 0.2) is 103 Å². The van der Waals surface area contributed by atoms with Crippen LogP contribution in [0.25, 0.3) is 11.1 Å². The summed E-state index contributed by atoms with van der Waals surface area (Å²) in [4.78, 5) is 29.6. The van der Waals surface area contributed by atoms with Gasteiger partial charge in [0, 0.05) is 0 Å². The number of carbonyl (C=O) groups excluding carboxylic acids is 2. The highest BCUT2D eigenvalue weighted by Gasteiger charge is 2.72. The second-order valence-corrected chi connectivity index (χ2v) is 11.9. The summed E-state index contributed by atoms with van der Waals surface area (Å²) in [5.74, 6) is -1.46. The molecular weight excluding hydrogens is 566 g/mol. The van der Waals surface area contributed by atoms with E-state index >= 15 is 0 Å². The van der Waals surface area contributed by atoms with E-state index in [1.54, 1.807) is 0 Å². The van der Waals surface area contributed by atoms with Crippen LogP contribution in [0.5, 0.6) is 0 Å². The van der Waals surface area contributed by atoms with Crippen molar-refractivity contribution in [3.63, 3.8) is 0 Å². The van der Waals surface area contributed by atoms with Crippen LogP contribution in [0.1, 0.15) is 22.3 Å². The van der Waals surface area contributed by atoms with E-state index in [0.717, 1.165) is 33.4 Å². The molecule has 1 saturated heterocycles. The van der Waals surface area contributed by atoms with Gasteiger partial charge >= 0.3 is 0 Å². The third-order valence-electron chi connectivity index (χ3n) is 7.82. The molecule has 0 saturated carbocycles. The average Bonchev–Trinajstić information content (AvgIpc) is 3.19. The summed E-state index contributed by atoms with van der Waals surface area (Å²) in [5.41, 5.74) is 6.90. The monoisotopic (exact) mass is 583 g/mol. The molecule has 4 aliphatic rings. The van der Waals surface area contributed by atoms with E-state index in [1.165, 1.54) is 4.90 Å². The van der Waals surface area contributed by atoms with Gasteiger partial charge in [-0.2, -0.15) is 0 Å². The molecule has 0 N–H and O–H groups in total. The topological polar surface area (TPSA) is 37.4 Å². The number of amides is 2. The number of halogens is 2. The number of hydrogen-bond acceptors (Lipinski definition) is 2. The van der Waals surface area contributed by atoms with E-state index in [2.05, 4.69) is 56.1 Å². The third kappa shape index (κ3) is 2.55. The molecule has 1 heterocycles. The fourth-order valence-electron chi connectivity index (χ4n) is 6.36. The largest absolute Gasteiger partial charge is 0.274 e. The second kappa shape index (κ2) is 7.25. The minimum absolute atomic E-state index is 0.169. The second-order valence-electron chi connectivity index (χ2n) is 9.39. The van der Waals surface area contributed by atoms with Gasteiger partial charge < -0.3 is 0 Å². The van der Waals surface area contributed by atoms with Gasteiger partial charge in [-0.1, -0.05) is 123 Å². The number of nitrogens with zero attached hydrogens (tertiary/aromatic N) is 1. The van der Waals surface area contributed by atoms with E-state index in [-0.39, 0.29) is 11.8 Å². The first-order chi connectivity index (χ1) is 17.0. The highest BCUT2D eigenvalue weighted by Crippen LogP contribution is 2.70. The van der Waals surface area contributed by atoms with Crippen molar-refractivity contribution in [3.05, 3.63) is 125 Å². The van der Waals surface area contributed by atoms with Gasteiger partial charge in [0.1, 0.15) is 0 Å². The summed E-state index contributed by atoms with van der Waals surface area (Å²) in [5, 5.41) is 0. The average molecular weight is 585 g/mol. The summed E-state index contributed by atoms with van der Waals surface area (Å²) in [6.07, 6.45) is 0. The van der Waals surface area contributed by atoms with E-state index in [1.807, 2.05) is 78.9 Å². The fraction of sp³-hybridized carbons (Fsp3) is 0.133. The van der Waals surface area contributed by atoms with E-state index in [0.29, 0.717) is 5.69 Å². The van der Waals surface area contributed by atoms with Crippen molar-refractivity contribution in [2.24, 2.45) is 11.8 Å². The maximum Gasteiger partial charge on any atom is 0.239 e. The van der Waals surface area contributed by atoms with Gasteiger partial charge in [0.05, 0.1) is 26.2 Å². The number of alkyl halides is 2. The minimum Gasteiger partial charge on any atom is -0.274 e. The Morgan fingerprint density at radius 1 is 0.514 bits per heavy atom. The van der Waals surface area contributed by atoms with E-state index < -0.39 is 20.5 Å². The molecule has 1 aliphatic heterocycles. The lowest BCUT2D eigenvalue weighted by Gasteiger charge is -2.55. The van der Waals surface area contributed by atoms with Crippen molar-refractivity contribution >= 4 is 49.4 Å². The fourth-order valence-corrected chi connectivity index (χ4v) is 8.66. The predicted octanol–water partition coefficient (Wildman–Crippen LogP) is 6.76. The highest BCUT2D eigenvalue weighted by atomic mass is 79.9. The molecule has 0 radical (unpaired) electrons. The molecule has 0 aromatic heterocycles. The molecule has 35 heavy (non-hydrogen) atoms. The van der Waals surface area contributed by atoms with Crippen LogP contribution in [-0.2, 0) is 18.2 Å². The first kappa shape index (κ1) is 21.3. The van der Waals surface area contributed by atoms with E-state index in [4.69, 9.17) is 0 Å². The Morgan fingerprint density at radius 2 is 0.886 bits per heavy atom. The quantitative estimate of drug-likeness (QED) is 0.193. The van der Waals surface area contributed by atoms with Crippen molar-refractivity contribution in [2.75, 3.05) is 4.90 Å². The Bertz CT molecular complexity index is 1410. The molecule has 3 aliphatic carbocycles. The Labute approximate surface area is 220 Å². The van der Waals surface area contributed by atoms with Crippen molar-refractivity contribution in [1.82, 2.24) is 0 Å². The lowest BCUT2D eigenvalue weighted by molar-refractivity contribution is -0.122. The molecule has 3 nitrogen and oxygen atoms in total. The molecular formula is C30H19Br2NO2. The highest BCUT2D eigenvalue weighted by molar-refractivity contribution is 9.10. The van der Waals surface area contributed by atoms with Crippen molar-refractivity contribution < 1.29 is 9.59 Å². The normalized spacial score (nSPS) is 28.0. The van der Waals surface area contributed by atoms with Gasteiger partial charge in [0.15, 0.2) is 0 Å². The minimum atomic E-state index is -0.772. The molecule has 2 amide bonds.